The predicted octanol–water partition coefficient (Wildman–Crippen LogP) is 1.86. The molecule has 0 spiro atoms. The van der Waals surface area contributed by atoms with Crippen LogP contribution in [0.25, 0.3) is 0 Å². The fraction of sp³-hybridized carbons (Fsp3) is 0.462. The third-order valence-electron chi connectivity index (χ3n) is 1.47. The molecular formula is C13H25NO4. The first kappa shape index (κ1) is 21.8. The summed E-state index contributed by atoms with van der Waals surface area (Å²) in [4.78, 5) is 10.2. The highest BCUT2D eigenvalue weighted by Gasteiger charge is 1.96. The van der Waals surface area contributed by atoms with E-state index in [2.05, 4.69) is 0 Å². The molecule has 0 heterocycles. The summed E-state index contributed by atoms with van der Waals surface area (Å²) < 4.78 is 0. The summed E-state index contributed by atoms with van der Waals surface area (Å²) in [7, 11) is 0. The van der Waals surface area contributed by atoms with E-state index in [0.29, 0.717) is 6.42 Å². The number of hydrogen-bond donors (Lipinski definition) is 4. The lowest BCUT2D eigenvalue weighted by atomic mass is 10.1. The Balaban J connectivity index is -0.000000276. The number of hydrogen-bond acceptors (Lipinski definition) is 4. The Kier molecular flexibility index (Phi) is 21.8. The molecular weight excluding hydrogens is 234 g/mol. The first-order valence-electron chi connectivity index (χ1n) is 5.59. The normalized spacial score (nSPS) is 7.78. The number of carboxylic acid groups (broad SMARTS) is 1. The summed E-state index contributed by atoms with van der Waals surface area (Å²) >= 11 is 0. The van der Waals surface area contributed by atoms with Crippen molar-refractivity contribution >= 4 is 5.97 Å². The van der Waals surface area contributed by atoms with Crippen molar-refractivity contribution in [3.63, 3.8) is 0 Å². The van der Waals surface area contributed by atoms with Crippen molar-refractivity contribution in [2.45, 2.75) is 26.7 Å². The first-order chi connectivity index (χ1) is 8.12. The Hall–Kier alpha value is -1.43. The smallest absolute Gasteiger partial charge is 0.303 e. The van der Waals surface area contributed by atoms with E-state index in [1.54, 1.807) is 13.8 Å². The van der Waals surface area contributed by atoms with Gasteiger partial charge in [0.25, 0.3) is 0 Å². The van der Waals surface area contributed by atoms with Crippen LogP contribution in [0.3, 0.4) is 0 Å². The van der Waals surface area contributed by atoms with Gasteiger partial charge in [0.1, 0.15) is 0 Å². The SMILES string of the molecule is CCO.CCO.N.O=C(O)CCc1ccccc1. The van der Waals surface area contributed by atoms with Crippen molar-refractivity contribution in [3.05, 3.63) is 35.9 Å². The Morgan fingerprint density at radius 1 is 1.06 bits per heavy atom. The minimum absolute atomic E-state index is 0. The van der Waals surface area contributed by atoms with E-state index in [9.17, 15) is 4.79 Å². The maximum atomic E-state index is 10.2. The summed E-state index contributed by atoms with van der Waals surface area (Å²) in [5, 5.41) is 23.5. The lowest BCUT2D eigenvalue weighted by molar-refractivity contribution is -0.136. The highest BCUT2D eigenvalue weighted by atomic mass is 16.4. The molecule has 0 unspecified atom stereocenters. The van der Waals surface area contributed by atoms with Gasteiger partial charge >= 0.3 is 5.97 Å². The third kappa shape index (κ3) is 20.0. The Labute approximate surface area is 109 Å². The summed E-state index contributed by atoms with van der Waals surface area (Å²) in [6.07, 6.45) is 0.834. The largest absolute Gasteiger partial charge is 0.481 e. The van der Waals surface area contributed by atoms with Crippen LogP contribution in [0.5, 0.6) is 0 Å². The van der Waals surface area contributed by atoms with Gasteiger partial charge < -0.3 is 21.5 Å². The van der Waals surface area contributed by atoms with Crippen LogP contribution in [0.2, 0.25) is 0 Å². The van der Waals surface area contributed by atoms with E-state index < -0.39 is 5.97 Å². The molecule has 0 fully saturated rings. The maximum Gasteiger partial charge on any atom is 0.303 e. The summed E-state index contributed by atoms with van der Waals surface area (Å²) in [5.74, 6) is -0.742. The third-order valence-corrected chi connectivity index (χ3v) is 1.47. The number of carbonyl (C=O) groups is 1. The van der Waals surface area contributed by atoms with Crippen LogP contribution < -0.4 is 6.15 Å². The van der Waals surface area contributed by atoms with Crippen LogP contribution in [-0.4, -0.2) is 34.5 Å². The minimum Gasteiger partial charge on any atom is -0.481 e. The molecule has 6 N–H and O–H groups in total. The molecule has 0 aliphatic rings. The molecule has 5 heteroatoms. The number of carboxylic acids is 1. The van der Waals surface area contributed by atoms with E-state index in [1.165, 1.54) is 0 Å². The number of aryl methyl sites for hydroxylation is 1. The quantitative estimate of drug-likeness (QED) is 0.661. The lowest BCUT2D eigenvalue weighted by Gasteiger charge is -1.95. The van der Waals surface area contributed by atoms with Crippen molar-refractivity contribution in [1.29, 1.82) is 0 Å². The molecule has 0 aliphatic heterocycles. The highest BCUT2D eigenvalue weighted by Crippen LogP contribution is 2.01. The molecule has 0 aromatic heterocycles. The predicted molar refractivity (Wildman–Crippen MR) is 72.9 cm³/mol. The van der Waals surface area contributed by atoms with Crippen molar-refractivity contribution in [3.8, 4) is 0 Å². The van der Waals surface area contributed by atoms with Gasteiger partial charge in [-0.25, -0.2) is 0 Å². The second-order valence-electron chi connectivity index (χ2n) is 3.01. The molecule has 0 amide bonds. The van der Waals surface area contributed by atoms with Gasteiger partial charge in [0, 0.05) is 19.6 Å². The Morgan fingerprint density at radius 3 is 1.78 bits per heavy atom. The lowest BCUT2D eigenvalue weighted by Crippen LogP contribution is -1.96. The monoisotopic (exact) mass is 259 g/mol. The average Bonchev–Trinajstić information content (AvgIpc) is 2.30. The molecule has 0 saturated heterocycles. The van der Waals surface area contributed by atoms with E-state index in [1.807, 2.05) is 30.3 Å². The van der Waals surface area contributed by atoms with Crippen molar-refractivity contribution < 1.29 is 20.1 Å². The highest BCUT2D eigenvalue weighted by molar-refractivity contribution is 5.67. The van der Waals surface area contributed by atoms with Gasteiger partial charge in [0.05, 0.1) is 0 Å². The van der Waals surface area contributed by atoms with Gasteiger partial charge in [-0.15, -0.1) is 0 Å². The molecule has 1 aromatic rings. The molecule has 18 heavy (non-hydrogen) atoms. The molecule has 0 aliphatic carbocycles. The number of benzene rings is 1. The molecule has 0 atom stereocenters. The van der Waals surface area contributed by atoms with Gasteiger partial charge in [0.2, 0.25) is 0 Å². The zero-order chi connectivity index (χ0) is 13.5. The molecule has 106 valence electrons. The summed E-state index contributed by atoms with van der Waals surface area (Å²) in [6.45, 7) is 3.86. The molecule has 0 radical (unpaired) electrons. The summed E-state index contributed by atoms with van der Waals surface area (Å²) in [6, 6.07) is 9.62. The van der Waals surface area contributed by atoms with E-state index in [-0.39, 0.29) is 25.8 Å². The van der Waals surface area contributed by atoms with Crippen LogP contribution >= 0.6 is 0 Å². The molecule has 1 aromatic carbocycles. The van der Waals surface area contributed by atoms with Crippen LogP contribution in [-0.2, 0) is 11.2 Å². The Morgan fingerprint density at radius 2 is 1.44 bits per heavy atom. The van der Waals surface area contributed by atoms with Crippen molar-refractivity contribution in [1.82, 2.24) is 6.15 Å². The van der Waals surface area contributed by atoms with Gasteiger partial charge in [-0.3, -0.25) is 4.79 Å². The van der Waals surface area contributed by atoms with Crippen LogP contribution in [0.15, 0.2) is 30.3 Å². The fourth-order valence-electron chi connectivity index (χ4n) is 0.896. The van der Waals surface area contributed by atoms with E-state index in [0.717, 1.165) is 5.56 Å². The van der Waals surface area contributed by atoms with Gasteiger partial charge in [-0.1, -0.05) is 30.3 Å². The molecule has 5 nitrogen and oxygen atoms in total. The molecule has 0 bridgehead atoms. The fourth-order valence-corrected chi connectivity index (χ4v) is 0.896. The topological polar surface area (TPSA) is 113 Å². The van der Waals surface area contributed by atoms with Crippen molar-refractivity contribution in [2.24, 2.45) is 0 Å². The number of aliphatic hydroxyl groups is 2. The standard InChI is InChI=1S/C9H10O2.2C2H6O.H3N/c10-9(11)7-6-8-4-2-1-3-5-8;2*1-2-3;/h1-5H,6-7H2,(H,10,11);2*3H,2H2,1H3;1H3. The van der Waals surface area contributed by atoms with E-state index in [4.69, 9.17) is 15.3 Å². The molecule has 1 rings (SSSR count). The van der Waals surface area contributed by atoms with Crippen LogP contribution in [0.4, 0.5) is 0 Å². The molecule has 0 saturated carbocycles. The minimum atomic E-state index is -0.742. The summed E-state index contributed by atoms with van der Waals surface area (Å²) in [5.41, 5.74) is 1.08. The second kappa shape index (κ2) is 17.9. The van der Waals surface area contributed by atoms with E-state index >= 15 is 0 Å². The average molecular weight is 259 g/mol. The number of rotatable bonds is 3. The van der Waals surface area contributed by atoms with Crippen LogP contribution in [0.1, 0.15) is 25.8 Å². The van der Waals surface area contributed by atoms with Crippen molar-refractivity contribution in [2.75, 3.05) is 13.2 Å². The van der Waals surface area contributed by atoms with Gasteiger partial charge in [-0.2, -0.15) is 0 Å². The zero-order valence-corrected chi connectivity index (χ0v) is 11.2. The maximum absolute atomic E-state index is 10.2. The Bertz CT molecular complexity index is 263. The first-order valence-corrected chi connectivity index (χ1v) is 5.59. The number of aliphatic hydroxyl groups excluding tert-OH is 2. The second-order valence-corrected chi connectivity index (χ2v) is 3.01. The zero-order valence-electron chi connectivity index (χ0n) is 11.2. The van der Waals surface area contributed by atoms with Gasteiger partial charge in [0.15, 0.2) is 0 Å². The van der Waals surface area contributed by atoms with Crippen LogP contribution in [0, 0.1) is 0 Å². The number of aliphatic carboxylic acids is 1. The van der Waals surface area contributed by atoms with Gasteiger partial charge in [-0.05, 0) is 25.8 Å².